The van der Waals surface area contributed by atoms with Gasteiger partial charge in [-0.3, -0.25) is 0 Å². The maximum absolute atomic E-state index is 10.0. The molecule has 0 aromatic heterocycles. The van der Waals surface area contributed by atoms with Crippen LogP contribution in [0.3, 0.4) is 0 Å². The van der Waals surface area contributed by atoms with Crippen molar-refractivity contribution in [1.29, 1.82) is 0 Å². The van der Waals surface area contributed by atoms with Gasteiger partial charge in [-0.2, -0.15) is 0 Å². The van der Waals surface area contributed by atoms with Crippen molar-refractivity contribution in [2.45, 2.75) is 52.4 Å². The van der Waals surface area contributed by atoms with Crippen LogP contribution in [0.15, 0.2) is 72.8 Å². The van der Waals surface area contributed by atoms with Gasteiger partial charge in [-0.25, -0.2) is 0 Å². The van der Waals surface area contributed by atoms with E-state index in [2.05, 4.69) is 95.0 Å². The molecule has 3 rings (SSSR count). The highest BCUT2D eigenvalue weighted by atomic mass is 16.3. The maximum atomic E-state index is 10.0. The number of phenols is 1. The predicted octanol–water partition coefficient (Wildman–Crippen LogP) is 7.46. The van der Waals surface area contributed by atoms with Gasteiger partial charge in [0, 0.05) is 23.1 Å². The van der Waals surface area contributed by atoms with E-state index in [1.54, 1.807) is 12.1 Å². The fourth-order valence-corrected chi connectivity index (χ4v) is 3.30. The standard InChI is InChI=1S/C26H31NO/c1-25(2,3)19-10-14-21(15-11-19)27(23-8-7-9-24(28)18-23)22-16-12-20(13-17-22)26(4,5)6/h7-18,28H,1-6H3. The molecule has 0 radical (unpaired) electrons. The first-order chi connectivity index (χ1) is 13.1. The van der Waals surface area contributed by atoms with E-state index in [4.69, 9.17) is 0 Å². The number of hydrogen-bond donors (Lipinski definition) is 1. The highest BCUT2D eigenvalue weighted by molar-refractivity contribution is 5.77. The molecule has 0 aliphatic carbocycles. The normalized spacial score (nSPS) is 12.1. The maximum Gasteiger partial charge on any atom is 0.117 e. The van der Waals surface area contributed by atoms with Gasteiger partial charge >= 0.3 is 0 Å². The average molecular weight is 374 g/mol. The van der Waals surface area contributed by atoms with Gasteiger partial charge in [0.15, 0.2) is 0 Å². The number of benzene rings is 3. The Morgan fingerprint density at radius 2 is 1.00 bits per heavy atom. The minimum Gasteiger partial charge on any atom is -0.508 e. The van der Waals surface area contributed by atoms with Crippen molar-refractivity contribution in [3.63, 3.8) is 0 Å². The summed E-state index contributed by atoms with van der Waals surface area (Å²) in [5.74, 6) is 0.264. The monoisotopic (exact) mass is 373 g/mol. The molecule has 0 amide bonds. The first-order valence-electron chi connectivity index (χ1n) is 9.86. The van der Waals surface area contributed by atoms with Crippen molar-refractivity contribution in [2.24, 2.45) is 0 Å². The van der Waals surface area contributed by atoms with Gasteiger partial charge in [-0.15, -0.1) is 0 Å². The molecule has 0 unspecified atom stereocenters. The van der Waals surface area contributed by atoms with Crippen LogP contribution in [0.5, 0.6) is 5.75 Å². The second kappa shape index (κ2) is 7.35. The van der Waals surface area contributed by atoms with Crippen molar-refractivity contribution in [2.75, 3.05) is 4.90 Å². The lowest BCUT2D eigenvalue weighted by atomic mass is 9.86. The van der Waals surface area contributed by atoms with Gasteiger partial charge in [0.05, 0.1) is 0 Å². The lowest BCUT2D eigenvalue weighted by Crippen LogP contribution is -2.14. The minimum atomic E-state index is 0.114. The topological polar surface area (TPSA) is 23.5 Å². The molecule has 0 spiro atoms. The molecular formula is C26H31NO. The molecule has 1 N–H and O–H groups in total. The van der Waals surface area contributed by atoms with E-state index in [9.17, 15) is 5.11 Å². The molecule has 0 saturated heterocycles. The Morgan fingerprint density at radius 1 is 0.571 bits per heavy atom. The molecule has 2 heteroatoms. The van der Waals surface area contributed by atoms with E-state index >= 15 is 0 Å². The summed E-state index contributed by atoms with van der Waals surface area (Å²) < 4.78 is 0. The lowest BCUT2D eigenvalue weighted by Gasteiger charge is -2.28. The van der Waals surface area contributed by atoms with E-state index in [1.807, 2.05) is 12.1 Å². The van der Waals surface area contributed by atoms with E-state index in [0.717, 1.165) is 17.1 Å². The molecule has 0 bridgehead atoms. The zero-order valence-electron chi connectivity index (χ0n) is 17.8. The second-order valence-electron chi connectivity index (χ2n) is 9.45. The molecule has 3 aromatic rings. The summed E-state index contributed by atoms with van der Waals surface area (Å²) in [6.45, 7) is 13.3. The molecule has 0 fully saturated rings. The predicted molar refractivity (Wildman–Crippen MR) is 120 cm³/mol. The van der Waals surface area contributed by atoms with E-state index < -0.39 is 0 Å². The molecule has 146 valence electrons. The Balaban J connectivity index is 2.08. The first kappa shape index (κ1) is 20.0. The van der Waals surface area contributed by atoms with Gasteiger partial charge in [-0.05, 0) is 58.4 Å². The Hall–Kier alpha value is -2.74. The minimum absolute atomic E-state index is 0.114. The van der Waals surface area contributed by atoms with Gasteiger partial charge in [-0.1, -0.05) is 71.9 Å². The summed E-state index contributed by atoms with van der Waals surface area (Å²) in [6, 6.07) is 24.8. The third kappa shape index (κ3) is 4.39. The van der Waals surface area contributed by atoms with Crippen LogP contribution >= 0.6 is 0 Å². The highest BCUT2D eigenvalue weighted by Gasteiger charge is 2.18. The van der Waals surface area contributed by atoms with Crippen LogP contribution in [0.4, 0.5) is 17.1 Å². The molecule has 0 saturated carbocycles. The van der Waals surface area contributed by atoms with Crippen molar-refractivity contribution in [3.05, 3.63) is 83.9 Å². The number of nitrogens with zero attached hydrogens (tertiary/aromatic N) is 1. The molecule has 0 atom stereocenters. The summed E-state index contributed by atoms with van der Waals surface area (Å²) >= 11 is 0. The molecule has 2 nitrogen and oxygen atoms in total. The highest BCUT2D eigenvalue weighted by Crippen LogP contribution is 2.37. The number of anilines is 3. The fourth-order valence-electron chi connectivity index (χ4n) is 3.30. The quantitative estimate of drug-likeness (QED) is 0.515. The van der Waals surface area contributed by atoms with Crippen molar-refractivity contribution in [1.82, 2.24) is 0 Å². The lowest BCUT2D eigenvalue weighted by molar-refractivity contribution is 0.475. The Bertz CT molecular complexity index is 868. The van der Waals surface area contributed by atoms with Crippen LogP contribution in [0, 0.1) is 0 Å². The van der Waals surface area contributed by atoms with Crippen LogP contribution in [0.1, 0.15) is 52.7 Å². The van der Waals surface area contributed by atoms with E-state index in [1.165, 1.54) is 11.1 Å². The molecular weight excluding hydrogens is 342 g/mol. The third-order valence-corrected chi connectivity index (χ3v) is 5.07. The number of rotatable bonds is 3. The largest absolute Gasteiger partial charge is 0.508 e. The van der Waals surface area contributed by atoms with Crippen LogP contribution in [-0.4, -0.2) is 5.11 Å². The Labute approximate surface area is 169 Å². The molecule has 0 heterocycles. The van der Waals surface area contributed by atoms with Crippen molar-refractivity contribution >= 4 is 17.1 Å². The van der Waals surface area contributed by atoms with Crippen LogP contribution in [0.25, 0.3) is 0 Å². The van der Waals surface area contributed by atoms with Gasteiger partial charge in [0.1, 0.15) is 5.75 Å². The van der Waals surface area contributed by atoms with Gasteiger partial charge < -0.3 is 10.0 Å². The zero-order chi connectivity index (χ0) is 20.5. The fraction of sp³-hybridized carbons (Fsp3) is 0.308. The Kier molecular flexibility index (Phi) is 5.25. The number of aromatic hydroxyl groups is 1. The number of phenolic OH excluding ortho intramolecular Hbond substituents is 1. The van der Waals surface area contributed by atoms with E-state index in [-0.39, 0.29) is 16.6 Å². The first-order valence-corrected chi connectivity index (χ1v) is 9.86. The molecule has 28 heavy (non-hydrogen) atoms. The summed E-state index contributed by atoms with van der Waals surface area (Å²) in [7, 11) is 0. The zero-order valence-corrected chi connectivity index (χ0v) is 17.8. The van der Waals surface area contributed by atoms with Gasteiger partial charge in [0.25, 0.3) is 0 Å². The molecule has 0 aliphatic rings. The summed E-state index contributed by atoms with van der Waals surface area (Å²) in [6.07, 6.45) is 0. The third-order valence-electron chi connectivity index (χ3n) is 5.07. The number of hydrogen-bond acceptors (Lipinski definition) is 2. The van der Waals surface area contributed by atoms with Crippen molar-refractivity contribution < 1.29 is 5.11 Å². The van der Waals surface area contributed by atoms with Crippen molar-refractivity contribution in [3.8, 4) is 5.75 Å². The molecule has 3 aromatic carbocycles. The Morgan fingerprint density at radius 3 is 1.36 bits per heavy atom. The smallest absolute Gasteiger partial charge is 0.117 e. The SMILES string of the molecule is CC(C)(C)c1ccc(N(c2ccc(C(C)(C)C)cc2)c2cccc(O)c2)cc1. The van der Waals surface area contributed by atoms with Crippen LogP contribution < -0.4 is 4.90 Å². The van der Waals surface area contributed by atoms with Crippen LogP contribution in [-0.2, 0) is 10.8 Å². The summed E-state index contributed by atoms with van der Waals surface area (Å²) in [5.41, 5.74) is 5.91. The summed E-state index contributed by atoms with van der Waals surface area (Å²) in [4.78, 5) is 2.18. The molecule has 0 aliphatic heterocycles. The average Bonchev–Trinajstić information content (AvgIpc) is 2.61. The van der Waals surface area contributed by atoms with E-state index in [0.29, 0.717) is 0 Å². The van der Waals surface area contributed by atoms with Crippen LogP contribution in [0.2, 0.25) is 0 Å². The second-order valence-corrected chi connectivity index (χ2v) is 9.45. The van der Waals surface area contributed by atoms with Gasteiger partial charge in [0.2, 0.25) is 0 Å². The summed E-state index contributed by atoms with van der Waals surface area (Å²) in [5, 5.41) is 10.0.